The number of benzene rings is 1. The van der Waals surface area contributed by atoms with E-state index < -0.39 is 6.10 Å². The van der Waals surface area contributed by atoms with Gasteiger partial charge in [0, 0.05) is 17.8 Å². The van der Waals surface area contributed by atoms with Gasteiger partial charge >= 0.3 is 0 Å². The number of aliphatic hydroxyl groups excluding tert-OH is 1. The predicted molar refractivity (Wildman–Crippen MR) is 76.0 cm³/mol. The molecule has 3 heteroatoms. The summed E-state index contributed by atoms with van der Waals surface area (Å²) in [6.45, 7) is 0. The number of nitrogens with zero attached hydrogens (tertiary/aromatic N) is 2. The number of fused-ring (bicyclic) bond motifs is 1. The van der Waals surface area contributed by atoms with Crippen molar-refractivity contribution in [2.45, 2.75) is 31.3 Å². The minimum Gasteiger partial charge on any atom is -0.388 e. The molecule has 3 rings (SSSR count). The monoisotopic (exact) mass is 264 g/mol. The van der Waals surface area contributed by atoms with Crippen molar-refractivity contribution in [3.8, 4) is 6.07 Å². The molecule has 1 N–H and O–H groups in total. The summed E-state index contributed by atoms with van der Waals surface area (Å²) >= 11 is 0. The maximum atomic E-state index is 10.6. The molecule has 3 nitrogen and oxygen atoms in total. The van der Waals surface area contributed by atoms with Crippen LogP contribution >= 0.6 is 0 Å². The fraction of sp³-hybridized carbons (Fsp3) is 0.294. The summed E-state index contributed by atoms with van der Waals surface area (Å²) in [6.07, 6.45) is 4.31. The topological polar surface area (TPSA) is 56.9 Å². The van der Waals surface area contributed by atoms with Crippen LogP contribution in [0.2, 0.25) is 0 Å². The van der Waals surface area contributed by atoms with E-state index in [-0.39, 0.29) is 5.92 Å². The molecular weight excluding hydrogens is 248 g/mol. The van der Waals surface area contributed by atoms with E-state index in [1.54, 1.807) is 18.3 Å². The number of pyridine rings is 1. The molecule has 100 valence electrons. The van der Waals surface area contributed by atoms with E-state index in [0.29, 0.717) is 5.56 Å². The van der Waals surface area contributed by atoms with Gasteiger partial charge in [0.1, 0.15) is 0 Å². The van der Waals surface area contributed by atoms with Gasteiger partial charge in [0.25, 0.3) is 0 Å². The summed E-state index contributed by atoms with van der Waals surface area (Å²) in [5.41, 5.74) is 3.74. The van der Waals surface area contributed by atoms with E-state index in [9.17, 15) is 5.11 Å². The van der Waals surface area contributed by atoms with Gasteiger partial charge in [-0.1, -0.05) is 18.2 Å². The first-order chi connectivity index (χ1) is 9.79. The summed E-state index contributed by atoms with van der Waals surface area (Å²) < 4.78 is 0. The molecule has 0 radical (unpaired) electrons. The second-order valence-corrected chi connectivity index (χ2v) is 5.23. The number of aliphatic hydroxyl groups is 1. The van der Waals surface area contributed by atoms with Crippen LogP contribution < -0.4 is 0 Å². The normalized spacial score (nSPS) is 18.9. The van der Waals surface area contributed by atoms with Gasteiger partial charge in [-0.15, -0.1) is 0 Å². The van der Waals surface area contributed by atoms with Gasteiger partial charge in [-0.25, -0.2) is 0 Å². The van der Waals surface area contributed by atoms with Gasteiger partial charge in [-0.3, -0.25) is 4.98 Å². The van der Waals surface area contributed by atoms with Crippen LogP contribution in [0.3, 0.4) is 0 Å². The summed E-state index contributed by atoms with van der Waals surface area (Å²) in [5, 5.41) is 19.5. The van der Waals surface area contributed by atoms with Crippen LogP contribution in [0.1, 0.15) is 47.2 Å². The molecule has 1 aromatic carbocycles. The zero-order valence-corrected chi connectivity index (χ0v) is 11.2. The van der Waals surface area contributed by atoms with E-state index in [1.807, 2.05) is 18.2 Å². The van der Waals surface area contributed by atoms with Crippen LogP contribution in [0, 0.1) is 11.3 Å². The zero-order valence-electron chi connectivity index (χ0n) is 11.2. The molecule has 0 bridgehead atoms. The third-order valence-corrected chi connectivity index (χ3v) is 4.00. The average Bonchev–Trinajstić information content (AvgIpc) is 2.54. The molecule has 0 spiro atoms. The zero-order chi connectivity index (χ0) is 13.9. The van der Waals surface area contributed by atoms with E-state index in [0.717, 1.165) is 30.5 Å². The Morgan fingerprint density at radius 3 is 2.80 bits per heavy atom. The molecule has 1 aliphatic carbocycles. The Labute approximate surface area is 118 Å². The smallest absolute Gasteiger partial charge is 0.0991 e. The summed E-state index contributed by atoms with van der Waals surface area (Å²) in [7, 11) is 0. The number of aromatic nitrogens is 1. The van der Waals surface area contributed by atoms with Crippen LogP contribution in [0.25, 0.3) is 0 Å². The van der Waals surface area contributed by atoms with Crippen LogP contribution in [0.15, 0.2) is 42.6 Å². The first-order valence-electron chi connectivity index (χ1n) is 6.91. The Kier molecular flexibility index (Phi) is 3.49. The second-order valence-electron chi connectivity index (χ2n) is 5.23. The standard InChI is InChI=1S/C17H16N2O/c18-11-12-6-8-14(9-7-12)17(20)15-5-1-3-13-4-2-10-19-16(13)15/h2,4,6-10,15,17,20H,1,3,5H2. The number of aryl methyl sites for hydroxylation is 1. The summed E-state index contributed by atoms with van der Waals surface area (Å²) in [4.78, 5) is 4.47. The molecule has 0 saturated heterocycles. The highest BCUT2D eigenvalue weighted by atomic mass is 16.3. The Balaban J connectivity index is 1.91. The van der Waals surface area contributed by atoms with Crippen molar-refractivity contribution in [3.63, 3.8) is 0 Å². The SMILES string of the molecule is N#Cc1ccc(C(O)C2CCCc3cccnc32)cc1. The molecule has 0 saturated carbocycles. The van der Waals surface area contributed by atoms with Crippen LogP contribution in [0.4, 0.5) is 0 Å². The minimum absolute atomic E-state index is 0.0490. The number of nitriles is 1. The van der Waals surface area contributed by atoms with Gasteiger partial charge in [-0.05, 0) is 48.6 Å². The van der Waals surface area contributed by atoms with E-state index >= 15 is 0 Å². The first kappa shape index (κ1) is 12.8. The molecular formula is C17H16N2O. The predicted octanol–water partition coefficient (Wildman–Crippen LogP) is 3.11. The van der Waals surface area contributed by atoms with E-state index in [2.05, 4.69) is 17.1 Å². The Morgan fingerprint density at radius 2 is 2.05 bits per heavy atom. The van der Waals surface area contributed by atoms with E-state index in [4.69, 9.17) is 5.26 Å². The molecule has 0 amide bonds. The Hall–Kier alpha value is -2.18. The van der Waals surface area contributed by atoms with Crippen molar-refractivity contribution in [2.75, 3.05) is 0 Å². The third-order valence-electron chi connectivity index (χ3n) is 4.00. The molecule has 2 atom stereocenters. The van der Waals surface area contributed by atoms with Crippen LogP contribution in [0.5, 0.6) is 0 Å². The third kappa shape index (κ3) is 2.31. The highest BCUT2D eigenvalue weighted by molar-refractivity contribution is 5.35. The van der Waals surface area contributed by atoms with Gasteiger partial charge in [0.15, 0.2) is 0 Å². The number of rotatable bonds is 2. The largest absolute Gasteiger partial charge is 0.388 e. The molecule has 0 fully saturated rings. The van der Waals surface area contributed by atoms with Gasteiger partial charge in [-0.2, -0.15) is 5.26 Å². The van der Waals surface area contributed by atoms with Crippen LogP contribution in [-0.4, -0.2) is 10.1 Å². The fourth-order valence-electron chi connectivity index (χ4n) is 2.94. The maximum Gasteiger partial charge on any atom is 0.0991 e. The fourth-order valence-corrected chi connectivity index (χ4v) is 2.94. The average molecular weight is 264 g/mol. The molecule has 1 aliphatic rings. The highest BCUT2D eigenvalue weighted by Gasteiger charge is 2.28. The number of hydrogen-bond donors (Lipinski definition) is 1. The Bertz CT molecular complexity index is 643. The lowest BCUT2D eigenvalue weighted by atomic mass is 9.81. The number of hydrogen-bond acceptors (Lipinski definition) is 3. The second kappa shape index (κ2) is 5.44. The van der Waals surface area contributed by atoms with Gasteiger partial charge in [0.2, 0.25) is 0 Å². The molecule has 1 aromatic heterocycles. The lowest BCUT2D eigenvalue weighted by molar-refractivity contribution is 0.134. The van der Waals surface area contributed by atoms with E-state index in [1.165, 1.54) is 5.56 Å². The quantitative estimate of drug-likeness (QED) is 0.906. The van der Waals surface area contributed by atoms with Crippen molar-refractivity contribution < 1.29 is 5.11 Å². The first-order valence-corrected chi connectivity index (χ1v) is 6.91. The Morgan fingerprint density at radius 1 is 1.25 bits per heavy atom. The maximum absolute atomic E-state index is 10.6. The summed E-state index contributed by atoms with van der Waals surface area (Å²) in [5.74, 6) is 0.0490. The van der Waals surface area contributed by atoms with Crippen molar-refractivity contribution in [3.05, 3.63) is 65.0 Å². The molecule has 20 heavy (non-hydrogen) atoms. The summed E-state index contributed by atoms with van der Waals surface area (Å²) in [6, 6.07) is 13.3. The van der Waals surface area contributed by atoms with Crippen molar-refractivity contribution in [1.82, 2.24) is 4.98 Å². The van der Waals surface area contributed by atoms with Crippen molar-refractivity contribution in [2.24, 2.45) is 0 Å². The van der Waals surface area contributed by atoms with Gasteiger partial charge in [0.05, 0.1) is 17.7 Å². The molecule has 0 aliphatic heterocycles. The molecule has 2 aromatic rings. The van der Waals surface area contributed by atoms with Crippen LogP contribution in [-0.2, 0) is 6.42 Å². The van der Waals surface area contributed by atoms with Gasteiger partial charge < -0.3 is 5.11 Å². The lowest BCUT2D eigenvalue weighted by Gasteiger charge is -2.28. The van der Waals surface area contributed by atoms with Crippen molar-refractivity contribution in [1.29, 1.82) is 5.26 Å². The van der Waals surface area contributed by atoms with Crippen molar-refractivity contribution >= 4 is 0 Å². The highest BCUT2D eigenvalue weighted by Crippen LogP contribution is 2.38. The minimum atomic E-state index is -0.559. The molecule has 1 heterocycles. The molecule has 2 unspecified atom stereocenters. The lowest BCUT2D eigenvalue weighted by Crippen LogP contribution is -2.18.